The molecule has 2 aliphatic rings. The number of allylic oxidation sites excluding steroid dienone is 4. The van der Waals surface area contributed by atoms with Crippen molar-refractivity contribution in [3.63, 3.8) is 0 Å². The Bertz CT molecular complexity index is 727. The van der Waals surface area contributed by atoms with E-state index in [0.717, 1.165) is 6.42 Å². The predicted octanol–water partition coefficient (Wildman–Crippen LogP) is 5.32. The number of benzene rings is 2. The van der Waals surface area contributed by atoms with Gasteiger partial charge in [0.25, 0.3) is 0 Å². The van der Waals surface area contributed by atoms with Crippen LogP contribution in [0, 0.1) is 6.92 Å². The van der Waals surface area contributed by atoms with Crippen molar-refractivity contribution in [1.29, 1.82) is 0 Å². The average molecular weight is 258 g/mol. The molecule has 0 atom stereocenters. The Morgan fingerprint density at radius 3 is 2.55 bits per heavy atom. The van der Waals surface area contributed by atoms with E-state index in [1.807, 2.05) is 0 Å². The highest BCUT2D eigenvalue weighted by Crippen LogP contribution is 2.42. The molecule has 0 radical (unpaired) electrons. The maximum Gasteiger partial charge on any atom is -0.00107 e. The van der Waals surface area contributed by atoms with Gasteiger partial charge >= 0.3 is 0 Å². The van der Waals surface area contributed by atoms with Crippen LogP contribution >= 0.6 is 0 Å². The molecule has 98 valence electrons. The zero-order chi connectivity index (χ0) is 13.5. The first-order chi connectivity index (χ1) is 9.83. The standard InChI is InChI=1S/C20H18/c1-14-9-11-15(12-10-14)17-7-4-8-19-18-6-3-2-5-16(18)13-20(17)19/h2,4-5,7-12H,3,6,13H2,1H3. The second-order valence-corrected chi connectivity index (χ2v) is 5.82. The lowest BCUT2D eigenvalue weighted by atomic mass is 9.93. The summed E-state index contributed by atoms with van der Waals surface area (Å²) < 4.78 is 0. The number of hydrogen-bond donors (Lipinski definition) is 0. The molecule has 0 N–H and O–H groups in total. The molecule has 0 spiro atoms. The fourth-order valence-corrected chi connectivity index (χ4v) is 3.44. The highest BCUT2D eigenvalue weighted by molar-refractivity contribution is 5.85. The van der Waals surface area contributed by atoms with E-state index in [1.54, 1.807) is 5.57 Å². The van der Waals surface area contributed by atoms with E-state index in [4.69, 9.17) is 0 Å². The summed E-state index contributed by atoms with van der Waals surface area (Å²) in [6.45, 7) is 2.14. The van der Waals surface area contributed by atoms with E-state index >= 15 is 0 Å². The largest absolute Gasteiger partial charge is 0.0839 e. The van der Waals surface area contributed by atoms with Crippen LogP contribution in [0.25, 0.3) is 16.7 Å². The number of hydrogen-bond acceptors (Lipinski definition) is 0. The third-order valence-corrected chi connectivity index (χ3v) is 4.50. The fraction of sp³-hybridized carbons (Fsp3) is 0.200. The highest BCUT2D eigenvalue weighted by Gasteiger charge is 2.23. The van der Waals surface area contributed by atoms with E-state index in [2.05, 4.69) is 61.5 Å². The second-order valence-electron chi connectivity index (χ2n) is 5.82. The molecule has 0 saturated carbocycles. The van der Waals surface area contributed by atoms with Gasteiger partial charge in [0.2, 0.25) is 0 Å². The van der Waals surface area contributed by atoms with Gasteiger partial charge in [-0.2, -0.15) is 0 Å². The van der Waals surface area contributed by atoms with Gasteiger partial charge in [-0.15, -0.1) is 0 Å². The molecule has 0 heteroatoms. The Balaban J connectivity index is 1.85. The SMILES string of the molecule is Cc1ccc(-c2cccc3c2CC2=C3CCC=C2)cc1. The second kappa shape index (κ2) is 4.49. The molecule has 20 heavy (non-hydrogen) atoms. The van der Waals surface area contributed by atoms with Crippen LogP contribution < -0.4 is 0 Å². The lowest BCUT2D eigenvalue weighted by Crippen LogP contribution is -1.90. The molecule has 0 fully saturated rings. The fourth-order valence-electron chi connectivity index (χ4n) is 3.44. The summed E-state index contributed by atoms with van der Waals surface area (Å²) in [6, 6.07) is 15.7. The summed E-state index contributed by atoms with van der Waals surface area (Å²) >= 11 is 0. The number of rotatable bonds is 1. The first-order valence-corrected chi connectivity index (χ1v) is 7.41. The van der Waals surface area contributed by atoms with Gasteiger partial charge in [0.1, 0.15) is 0 Å². The van der Waals surface area contributed by atoms with Crippen LogP contribution in [0.1, 0.15) is 29.5 Å². The molecule has 2 aromatic carbocycles. The topological polar surface area (TPSA) is 0 Å². The summed E-state index contributed by atoms with van der Waals surface area (Å²) in [4.78, 5) is 0. The number of fused-ring (bicyclic) bond motifs is 2. The predicted molar refractivity (Wildman–Crippen MR) is 85.6 cm³/mol. The molecular weight excluding hydrogens is 240 g/mol. The molecular formula is C20H18. The van der Waals surface area contributed by atoms with Crippen molar-refractivity contribution in [3.8, 4) is 11.1 Å². The highest BCUT2D eigenvalue weighted by atomic mass is 14.3. The summed E-state index contributed by atoms with van der Waals surface area (Å²) in [5.41, 5.74) is 10.2. The van der Waals surface area contributed by atoms with E-state index in [1.165, 1.54) is 46.2 Å². The number of aryl methyl sites for hydroxylation is 1. The van der Waals surface area contributed by atoms with E-state index in [9.17, 15) is 0 Å². The van der Waals surface area contributed by atoms with E-state index in [-0.39, 0.29) is 0 Å². The van der Waals surface area contributed by atoms with Crippen LogP contribution in [0.3, 0.4) is 0 Å². The Hall–Kier alpha value is -2.08. The van der Waals surface area contributed by atoms with Crippen LogP contribution in [0.5, 0.6) is 0 Å². The van der Waals surface area contributed by atoms with Crippen molar-refractivity contribution in [3.05, 3.63) is 76.9 Å². The molecule has 2 aliphatic carbocycles. The molecule has 0 aromatic heterocycles. The van der Waals surface area contributed by atoms with Gasteiger partial charge in [0, 0.05) is 0 Å². The van der Waals surface area contributed by atoms with Crippen molar-refractivity contribution >= 4 is 5.57 Å². The van der Waals surface area contributed by atoms with Crippen molar-refractivity contribution in [2.75, 3.05) is 0 Å². The Kier molecular flexibility index (Phi) is 2.63. The minimum atomic E-state index is 1.10. The normalized spacial score (nSPS) is 16.2. The summed E-state index contributed by atoms with van der Waals surface area (Å²) in [5, 5.41) is 0. The van der Waals surface area contributed by atoms with Crippen molar-refractivity contribution in [2.24, 2.45) is 0 Å². The van der Waals surface area contributed by atoms with Gasteiger partial charge in [-0.3, -0.25) is 0 Å². The zero-order valence-corrected chi connectivity index (χ0v) is 11.8. The van der Waals surface area contributed by atoms with Crippen LogP contribution in [0.15, 0.2) is 60.2 Å². The lowest BCUT2D eigenvalue weighted by Gasteiger charge is -2.11. The van der Waals surface area contributed by atoms with Gasteiger partial charge < -0.3 is 0 Å². The van der Waals surface area contributed by atoms with Crippen LogP contribution in [-0.2, 0) is 6.42 Å². The average Bonchev–Trinajstić information content (AvgIpc) is 2.87. The maximum absolute atomic E-state index is 2.33. The molecule has 4 rings (SSSR count). The molecule has 0 nitrogen and oxygen atoms in total. The monoisotopic (exact) mass is 258 g/mol. The minimum Gasteiger partial charge on any atom is -0.0839 e. The molecule has 0 saturated heterocycles. The van der Waals surface area contributed by atoms with Gasteiger partial charge in [-0.05, 0) is 59.6 Å². The van der Waals surface area contributed by atoms with Gasteiger partial charge in [0.15, 0.2) is 0 Å². The van der Waals surface area contributed by atoms with Gasteiger partial charge in [-0.1, -0.05) is 60.2 Å². The smallest absolute Gasteiger partial charge is 0.00107 e. The van der Waals surface area contributed by atoms with E-state index < -0.39 is 0 Å². The molecule has 0 aliphatic heterocycles. The first-order valence-electron chi connectivity index (χ1n) is 7.41. The molecule has 0 unspecified atom stereocenters. The lowest BCUT2D eigenvalue weighted by molar-refractivity contribution is 1.04. The van der Waals surface area contributed by atoms with Gasteiger partial charge in [-0.25, -0.2) is 0 Å². The van der Waals surface area contributed by atoms with Crippen LogP contribution in [0.4, 0.5) is 0 Å². The van der Waals surface area contributed by atoms with Crippen molar-refractivity contribution in [2.45, 2.75) is 26.2 Å². The van der Waals surface area contributed by atoms with Crippen molar-refractivity contribution in [1.82, 2.24) is 0 Å². The zero-order valence-electron chi connectivity index (χ0n) is 11.8. The Morgan fingerprint density at radius 1 is 0.900 bits per heavy atom. The van der Waals surface area contributed by atoms with Gasteiger partial charge in [0.05, 0.1) is 0 Å². The molecule has 0 bridgehead atoms. The maximum atomic E-state index is 2.33. The summed E-state index contributed by atoms with van der Waals surface area (Å²) in [5.74, 6) is 0. The van der Waals surface area contributed by atoms with Crippen LogP contribution in [0.2, 0.25) is 0 Å². The molecule has 0 heterocycles. The summed E-state index contributed by atoms with van der Waals surface area (Å²) in [7, 11) is 0. The summed E-state index contributed by atoms with van der Waals surface area (Å²) in [6.07, 6.45) is 8.14. The van der Waals surface area contributed by atoms with Crippen LogP contribution in [-0.4, -0.2) is 0 Å². The quantitative estimate of drug-likeness (QED) is 0.649. The van der Waals surface area contributed by atoms with Crippen molar-refractivity contribution < 1.29 is 0 Å². The molecule has 0 amide bonds. The minimum absolute atomic E-state index is 1.10. The van der Waals surface area contributed by atoms with E-state index in [0.29, 0.717) is 0 Å². The Labute approximate surface area is 120 Å². The third-order valence-electron chi connectivity index (χ3n) is 4.50. The Morgan fingerprint density at radius 2 is 1.70 bits per heavy atom. The first kappa shape index (κ1) is 11.7. The third kappa shape index (κ3) is 1.76. The molecule has 2 aromatic rings.